The third-order valence-electron chi connectivity index (χ3n) is 5.05. The van der Waals surface area contributed by atoms with Gasteiger partial charge in [0.25, 0.3) is 0 Å². The van der Waals surface area contributed by atoms with Gasteiger partial charge in [-0.3, -0.25) is 9.59 Å². The van der Waals surface area contributed by atoms with Crippen LogP contribution in [0.5, 0.6) is 0 Å². The standard InChI is InChI=1S/C19H24F4N2O3/c1-10-7-14(8-15(11(10)2)25-12(3)26)18(27)24-9-13-5-4-6-16(17(13)20)28-19(21,22)23/h4-7,10-11,13,15,17H,8-9H2,1-3H3,(H,24,27)(H,25,26). The number of allylic oxidation sites excluding steroid dienone is 4. The van der Waals surface area contributed by atoms with Gasteiger partial charge in [-0.1, -0.05) is 32.1 Å². The fraction of sp³-hybridized carbons (Fsp3) is 0.579. The van der Waals surface area contributed by atoms with Crippen molar-refractivity contribution in [2.45, 2.75) is 45.8 Å². The zero-order valence-corrected chi connectivity index (χ0v) is 15.8. The first kappa shape index (κ1) is 22.0. The lowest BCUT2D eigenvalue weighted by atomic mass is 9.79. The molecule has 156 valence electrons. The lowest BCUT2D eigenvalue weighted by Crippen LogP contribution is -2.45. The minimum Gasteiger partial charge on any atom is -0.407 e. The summed E-state index contributed by atoms with van der Waals surface area (Å²) < 4.78 is 55.0. The van der Waals surface area contributed by atoms with Gasteiger partial charge >= 0.3 is 6.36 Å². The Bertz CT molecular complexity index is 700. The molecule has 0 spiro atoms. The molecule has 0 heterocycles. The van der Waals surface area contributed by atoms with Crippen molar-refractivity contribution in [3.63, 3.8) is 0 Å². The molecule has 0 saturated heterocycles. The van der Waals surface area contributed by atoms with Gasteiger partial charge in [0.1, 0.15) is 5.76 Å². The lowest BCUT2D eigenvalue weighted by Gasteiger charge is -2.33. The second kappa shape index (κ2) is 8.79. The summed E-state index contributed by atoms with van der Waals surface area (Å²) in [6, 6.07) is -0.198. The molecule has 0 saturated carbocycles. The van der Waals surface area contributed by atoms with Crippen molar-refractivity contribution in [1.29, 1.82) is 0 Å². The number of hydrogen-bond donors (Lipinski definition) is 2. The molecule has 28 heavy (non-hydrogen) atoms. The van der Waals surface area contributed by atoms with Crippen LogP contribution in [0.15, 0.2) is 35.6 Å². The Morgan fingerprint density at radius 2 is 1.96 bits per heavy atom. The maximum atomic E-state index is 14.3. The number of rotatable bonds is 5. The topological polar surface area (TPSA) is 67.4 Å². The minimum atomic E-state index is -4.98. The fourth-order valence-corrected chi connectivity index (χ4v) is 3.35. The molecular formula is C19H24F4N2O3. The first-order chi connectivity index (χ1) is 13.0. The van der Waals surface area contributed by atoms with Crippen LogP contribution < -0.4 is 10.6 Å². The van der Waals surface area contributed by atoms with Gasteiger partial charge in [0.05, 0.1) is 0 Å². The van der Waals surface area contributed by atoms with Crippen LogP contribution in [0.2, 0.25) is 0 Å². The van der Waals surface area contributed by atoms with Crippen LogP contribution in [0.3, 0.4) is 0 Å². The Morgan fingerprint density at radius 3 is 2.57 bits per heavy atom. The van der Waals surface area contributed by atoms with Crippen LogP contribution in [0.25, 0.3) is 0 Å². The smallest absolute Gasteiger partial charge is 0.407 e. The number of ether oxygens (including phenoxy) is 1. The molecule has 0 aliphatic heterocycles. The van der Waals surface area contributed by atoms with E-state index in [0.29, 0.717) is 12.0 Å². The van der Waals surface area contributed by atoms with Crippen molar-refractivity contribution in [2.24, 2.45) is 17.8 Å². The number of carbonyl (C=O) groups is 2. The van der Waals surface area contributed by atoms with Gasteiger partial charge in [0, 0.05) is 31.0 Å². The summed E-state index contributed by atoms with van der Waals surface area (Å²) in [5, 5.41) is 5.40. The predicted octanol–water partition coefficient (Wildman–Crippen LogP) is 3.15. The van der Waals surface area contributed by atoms with Crippen LogP contribution in [-0.4, -0.2) is 36.9 Å². The summed E-state index contributed by atoms with van der Waals surface area (Å²) in [6.07, 6.45) is -1.29. The zero-order chi connectivity index (χ0) is 21.1. The third-order valence-corrected chi connectivity index (χ3v) is 5.05. The summed E-state index contributed by atoms with van der Waals surface area (Å²) in [5.74, 6) is -2.24. The Kier molecular flexibility index (Phi) is 6.90. The number of hydrogen-bond acceptors (Lipinski definition) is 3. The Morgan fingerprint density at radius 1 is 1.29 bits per heavy atom. The molecule has 2 amide bonds. The highest BCUT2D eigenvalue weighted by atomic mass is 19.4. The second-order valence-corrected chi connectivity index (χ2v) is 7.20. The molecule has 0 radical (unpaired) electrons. The molecule has 9 heteroatoms. The molecule has 5 nitrogen and oxygen atoms in total. The van der Waals surface area contributed by atoms with Crippen molar-refractivity contribution < 1.29 is 31.9 Å². The normalized spacial score (nSPS) is 30.2. The van der Waals surface area contributed by atoms with Gasteiger partial charge in [-0.05, 0) is 24.3 Å². The van der Waals surface area contributed by atoms with Gasteiger partial charge in [-0.25, -0.2) is 4.39 Å². The molecule has 0 aromatic carbocycles. The number of halogens is 4. The first-order valence-electron chi connectivity index (χ1n) is 9.02. The summed E-state index contributed by atoms with van der Waals surface area (Å²) in [7, 11) is 0. The van der Waals surface area contributed by atoms with E-state index in [1.165, 1.54) is 19.1 Å². The molecule has 5 atom stereocenters. The fourth-order valence-electron chi connectivity index (χ4n) is 3.35. The summed E-state index contributed by atoms with van der Waals surface area (Å²) in [5.41, 5.74) is 0.460. The van der Waals surface area contributed by atoms with E-state index in [9.17, 15) is 27.2 Å². The van der Waals surface area contributed by atoms with Crippen LogP contribution >= 0.6 is 0 Å². The van der Waals surface area contributed by atoms with Gasteiger partial charge in [-0.15, -0.1) is 13.2 Å². The highest BCUT2D eigenvalue weighted by Gasteiger charge is 2.38. The molecular weight excluding hydrogens is 380 g/mol. The number of amides is 2. The van der Waals surface area contributed by atoms with Crippen molar-refractivity contribution in [3.05, 3.63) is 35.6 Å². The molecule has 5 unspecified atom stereocenters. The number of carbonyl (C=O) groups excluding carboxylic acids is 2. The average molecular weight is 404 g/mol. The molecule has 0 aromatic rings. The van der Waals surface area contributed by atoms with Crippen LogP contribution in [0.1, 0.15) is 27.2 Å². The largest absolute Gasteiger partial charge is 0.572 e. The van der Waals surface area contributed by atoms with E-state index in [4.69, 9.17) is 0 Å². The number of nitrogens with one attached hydrogen (secondary N) is 2. The highest BCUT2D eigenvalue weighted by molar-refractivity contribution is 5.93. The van der Waals surface area contributed by atoms with Gasteiger partial charge < -0.3 is 15.4 Å². The first-order valence-corrected chi connectivity index (χ1v) is 9.02. The molecule has 0 fully saturated rings. The Hall–Kier alpha value is -2.32. The summed E-state index contributed by atoms with van der Waals surface area (Å²) >= 11 is 0. The van der Waals surface area contributed by atoms with E-state index < -0.39 is 30.1 Å². The highest BCUT2D eigenvalue weighted by Crippen LogP contribution is 2.31. The number of alkyl halides is 4. The van der Waals surface area contributed by atoms with Gasteiger partial charge in [-0.2, -0.15) is 0 Å². The van der Waals surface area contributed by atoms with Crippen molar-refractivity contribution >= 4 is 11.8 Å². The van der Waals surface area contributed by atoms with E-state index in [0.717, 1.165) is 6.08 Å². The molecule has 2 aliphatic rings. The van der Waals surface area contributed by atoms with E-state index >= 15 is 0 Å². The van der Waals surface area contributed by atoms with Gasteiger partial charge in [0.15, 0.2) is 6.17 Å². The minimum absolute atomic E-state index is 0.0459. The molecule has 0 aromatic heterocycles. The van der Waals surface area contributed by atoms with E-state index in [2.05, 4.69) is 15.4 Å². The monoisotopic (exact) mass is 404 g/mol. The van der Waals surface area contributed by atoms with E-state index in [-0.39, 0.29) is 30.3 Å². The molecule has 0 bridgehead atoms. The second-order valence-electron chi connectivity index (χ2n) is 7.20. The average Bonchev–Trinajstić information content (AvgIpc) is 2.57. The molecule has 2 rings (SSSR count). The predicted molar refractivity (Wildman–Crippen MR) is 94.4 cm³/mol. The summed E-state index contributed by atoms with van der Waals surface area (Å²) in [6.45, 7) is 5.13. The quantitative estimate of drug-likeness (QED) is 0.692. The van der Waals surface area contributed by atoms with E-state index in [1.807, 2.05) is 13.8 Å². The van der Waals surface area contributed by atoms with Crippen LogP contribution in [-0.2, 0) is 14.3 Å². The van der Waals surface area contributed by atoms with E-state index in [1.54, 1.807) is 6.08 Å². The zero-order valence-electron chi connectivity index (χ0n) is 15.8. The lowest BCUT2D eigenvalue weighted by molar-refractivity contribution is -0.309. The van der Waals surface area contributed by atoms with Gasteiger partial charge in [0.2, 0.25) is 11.8 Å². The molecule has 2 N–H and O–H groups in total. The van der Waals surface area contributed by atoms with Crippen LogP contribution in [0, 0.1) is 17.8 Å². The van der Waals surface area contributed by atoms with Crippen LogP contribution in [0.4, 0.5) is 17.6 Å². The molecule has 2 aliphatic carbocycles. The SMILES string of the molecule is CC(=O)NC1CC(C(=O)NCC2C=CC=C(OC(F)(F)F)C2F)=CC(C)C1C. The Labute approximate surface area is 160 Å². The van der Waals surface area contributed by atoms with Crippen molar-refractivity contribution in [2.75, 3.05) is 6.54 Å². The maximum Gasteiger partial charge on any atom is 0.572 e. The van der Waals surface area contributed by atoms with Crippen molar-refractivity contribution in [3.8, 4) is 0 Å². The maximum absolute atomic E-state index is 14.3. The van der Waals surface area contributed by atoms with Crippen molar-refractivity contribution in [1.82, 2.24) is 10.6 Å². The third kappa shape index (κ3) is 5.84. The Balaban J connectivity index is 1.96. The summed E-state index contributed by atoms with van der Waals surface area (Å²) in [4.78, 5) is 23.8.